The van der Waals surface area contributed by atoms with E-state index in [1.807, 2.05) is 0 Å². The Morgan fingerprint density at radius 1 is 1.24 bits per heavy atom. The van der Waals surface area contributed by atoms with E-state index in [1.165, 1.54) is 6.07 Å². The van der Waals surface area contributed by atoms with Gasteiger partial charge >= 0.3 is 6.18 Å². The Kier molecular flexibility index (Phi) is 2.57. The zero-order valence-corrected chi connectivity index (χ0v) is 8.97. The second kappa shape index (κ2) is 3.80. The molecular weight excluding hydrogens is 231 g/mol. The summed E-state index contributed by atoms with van der Waals surface area (Å²) in [6.07, 6.45) is -4.32. The molecule has 6 heteroatoms. The number of nitrogen functional groups attached to an aromatic ring is 1. The predicted octanol–water partition coefficient (Wildman–Crippen LogP) is 2.99. The Balaban J connectivity index is 2.45. The molecule has 1 heterocycles. The van der Waals surface area contributed by atoms with Crippen LogP contribution in [0.5, 0.6) is 0 Å². The van der Waals surface area contributed by atoms with Crippen LogP contribution in [0.25, 0.3) is 11.3 Å². The summed E-state index contributed by atoms with van der Waals surface area (Å²) in [6, 6.07) is 5.13. The molecule has 3 nitrogen and oxygen atoms in total. The molecule has 0 aliphatic heterocycles. The molecule has 1 aromatic carbocycles. The molecule has 0 atom stereocenters. The maximum Gasteiger partial charge on any atom is 0.416 e. The molecule has 0 aliphatic carbocycles. The van der Waals surface area contributed by atoms with Crippen LogP contribution >= 0.6 is 0 Å². The highest BCUT2D eigenvalue weighted by Gasteiger charge is 2.30. The Hall–Kier alpha value is -1.98. The van der Waals surface area contributed by atoms with E-state index in [2.05, 4.69) is 10.2 Å². The number of rotatable bonds is 1. The molecule has 0 bridgehead atoms. The van der Waals surface area contributed by atoms with Crippen molar-refractivity contribution in [1.82, 2.24) is 10.2 Å². The molecule has 3 N–H and O–H groups in total. The Bertz CT molecular complexity index is 543. The van der Waals surface area contributed by atoms with E-state index < -0.39 is 11.7 Å². The highest BCUT2D eigenvalue weighted by atomic mass is 19.4. The summed E-state index contributed by atoms with van der Waals surface area (Å²) < 4.78 is 37.4. The highest BCUT2D eigenvalue weighted by Crippen LogP contribution is 2.32. The van der Waals surface area contributed by atoms with E-state index in [9.17, 15) is 13.2 Å². The molecule has 0 aliphatic rings. The van der Waals surface area contributed by atoms with Gasteiger partial charge in [-0.2, -0.15) is 18.3 Å². The van der Waals surface area contributed by atoms with Crippen molar-refractivity contribution in [2.45, 2.75) is 13.1 Å². The Morgan fingerprint density at radius 3 is 2.41 bits per heavy atom. The third-order valence-corrected chi connectivity index (χ3v) is 2.44. The first-order chi connectivity index (χ1) is 7.88. The molecule has 0 radical (unpaired) electrons. The van der Waals surface area contributed by atoms with Crippen LogP contribution in [0.4, 0.5) is 19.0 Å². The number of hydrogen-bond donors (Lipinski definition) is 2. The second-order valence-corrected chi connectivity index (χ2v) is 3.73. The lowest BCUT2D eigenvalue weighted by atomic mass is 10.0. The van der Waals surface area contributed by atoms with Gasteiger partial charge in [-0.15, -0.1) is 0 Å². The van der Waals surface area contributed by atoms with Gasteiger partial charge in [0, 0.05) is 11.6 Å². The van der Waals surface area contributed by atoms with Crippen LogP contribution in [-0.2, 0) is 6.18 Å². The zero-order chi connectivity index (χ0) is 12.6. The van der Waals surface area contributed by atoms with Gasteiger partial charge in [0.05, 0.1) is 11.3 Å². The van der Waals surface area contributed by atoms with Gasteiger partial charge in [0.1, 0.15) is 5.82 Å². The van der Waals surface area contributed by atoms with Gasteiger partial charge in [-0.3, -0.25) is 5.10 Å². The van der Waals surface area contributed by atoms with E-state index in [4.69, 9.17) is 5.73 Å². The number of aromatic nitrogens is 2. The summed E-state index contributed by atoms with van der Waals surface area (Å²) in [5.74, 6) is 0.305. The third-order valence-electron chi connectivity index (χ3n) is 2.44. The monoisotopic (exact) mass is 241 g/mol. The summed E-state index contributed by atoms with van der Waals surface area (Å²) >= 11 is 0. The van der Waals surface area contributed by atoms with Crippen LogP contribution in [0.3, 0.4) is 0 Å². The van der Waals surface area contributed by atoms with Crippen molar-refractivity contribution >= 4 is 5.82 Å². The molecule has 0 saturated carbocycles. The summed E-state index contributed by atoms with van der Waals surface area (Å²) in [5, 5.41) is 6.40. The first kappa shape index (κ1) is 11.5. The lowest BCUT2D eigenvalue weighted by Gasteiger charge is -2.09. The van der Waals surface area contributed by atoms with Crippen LogP contribution in [0, 0.1) is 6.92 Å². The molecule has 90 valence electrons. The zero-order valence-electron chi connectivity index (χ0n) is 8.97. The van der Waals surface area contributed by atoms with E-state index in [1.54, 1.807) is 13.0 Å². The fourth-order valence-electron chi connectivity index (χ4n) is 1.62. The number of H-pyrrole nitrogens is 1. The number of nitrogens with one attached hydrogen (secondary N) is 1. The number of aromatic amines is 1. The fourth-order valence-corrected chi connectivity index (χ4v) is 1.62. The second-order valence-electron chi connectivity index (χ2n) is 3.73. The lowest BCUT2D eigenvalue weighted by Crippen LogP contribution is -2.05. The number of halogens is 3. The van der Waals surface area contributed by atoms with Crippen LogP contribution in [0.15, 0.2) is 24.3 Å². The van der Waals surface area contributed by atoms with E-state index in [0.29, 0.717) is 22.6 Å². The number of benzene rings is 1. The summed E-state index contributed by atoms with van der Waals surface area (Å²) in [5.41, 5.74) is 6.56. The maximum absolute atomic E-state index is 12.5. The van der Waals surface area contributed by atoms with Crippen LogP contribution in [0.1, 0.15) is 11.1 Å². The van der Waals surface area contributed by atoms with Gasteiger partial charge in [0.2, 0.25) is 0 Å². The number of hydrogen-bond acceptors (Lipinski definition) is 2. The van der Waals surface area contributed by atoms with Crippen molar-refractivity contribution in [3.05, 3.63) is 35.4 Å². The van der Waals surface area contributed by atoms with Crippen LogP contribution < -0.4 is 5.73 Å². The van der Waals surface area contributed by atoms with Gasteiger partial charge in [-0.1, -0.05) is 6.07 Å². The summed E-state index contributed by atoms with van der Waals surface area (Å²) in [4.78, 5) is 0. The molecule has 0 unspecified atom stereocenters. The third kappa shape index (κ3) is 2.25. The first-order valence-electron chi connectivity index (χ1n) is 4.87. The SMILES string of the molecule is Cc1cc(C(F)(F)F)ccc1-c1cc(N)n[nH]1. The molecular formula is C11H10F3N3. The minimum atomic E-state index is -4.32. The standard InChI is InChI=1S/C11H10F3N3/c1-6-4-7(11(12,13)14)2-3-8(6)9-5-10(15)17-16-9/h2-5H,1H3,(H3,15,16,17). The summed E-state index contributed by atoms with van der Waals surface area (Å²) in [7, 11) is 0. The number of nitrogens with zero attached hydrogens (tertiary/aromatic N) is 1. The molecule has 2 aromatic rings. The van der Waals surface area contributed by atoms with Gasteiger partial charge in [-0.05, 0) is 24.6 Å². The molecule has 0 amide bonds. The van der Waals surface area contributed by atoms with Gasteiger partial charge in [0.15, 0.2) is 0 Å². The van der Waals surface area contributed by atoms with Gasteiger partial charge in [-0.25, -0.2) is 0 Å². The normalized spacial score (nSPS) is 11.8. The van der Waals surface area contributed by atoms with Crippen molar-refractivity contribution in [2.75, 3.05) is 5.73 Å². The fraction of sp³-hybridized carbons (Fsp3) is 0.182. The molecule has 2 rings (SSSR count). The van der Waals surface area contributed by atoms with Crippen molar-refractivity contribution < 1.29 is 13.2 Å². The molecule has 0 fully saturated rings. The van der Waals surface area contributed by atoms with Crippen molar-refractivity contribution in [2.24, 2.45) is 0 Å². The molecule has 17 heavy (non-hydrogen) atoms. The van der Waals surface area contributed by atoms with Crippen LogP contribution in [0.2, 0.25) is 0 Å². The largest absolute Gasteiger partial charge is 0.416 e. The highest BCUT2D eigenvalue weighted by molar-refractivity contribution is 5.66. The topological polar surface area (TPSA) is 54.7 Å². The van der Waals surface area contributed by atoms with Gasteiger partial charge in [0.25, 0.3) is 0 Å². The van der Waals surface area contributed by atoms with Crippen molar-refractivity contribution in [3.8, 4) is 11.3 Å². The Labute approximate surface area is 95.5 Å². The Morgan fingerprint density at radius 2 is 1.94 bits per heavy atom. The minimum Gasteiger partial charge on any atom is -0.382 e. The number of nitrogens with two attached hydrogens (primary N) is 1. The quantitative estimate of drug-likeness (QED) is 0.806. The van der Waals surface area contributed by atoms with E-state index in [-0.39, 0.29) is 0 Å². The maximum atomic E-state index is 12.5. The van der Waals surface area contributed by atoms with Crippen molar-refractivity contribution in [3.63, 3.8) is 0 Å². The molecule has 1 aromatic heterocycles. The van der Waals surface area contributed by atoms with Crippen molar-refractivity contribution in [1.29, 1.82) is 0 Å². The van der Waals surface area contributed by atoms with E-state index >= 15 is 0 Å². The predicted molar refractivity (Wildman–Crippen MR) is 58.2 cm³/mol. The number of anilines is 1. The van der Waals surface area contributed by atoms with Gasteiger partial charge < -0.3 is 5.73 Å². The van der Waals surface area contributed by atoms with E-state index in [0.717, 1.165) is 12.1 Å². The number of aryl methyl sites for hydroxylation is 1. The lowest BCUT2D eigenvalue weighted by molar-refractivity contribution is -0.137. The molecule has 0 saturated heterocycles. The first-order valence-corrected chi connectivity index (χ1v) is 4.87. The minimum absolute atomic E-state index is 0.305. The molecule has 0 spiro atoms. The average Bonchev–Trinajstić information content (AvgIpc) is 2.63. The van der Waals surface area contributed by atoms with Crippen LogP contribution in [-0.4, -0.2) is 10.2 Å². The number of alkyl halides is 3. The smallest absolute Gasteiger partial charge is 0.382 e. The summed E-state index contributed by atoms with van der Waals surface area (Å²) in [6.45, 7) is 1.61. The average molecular weight is 241 g/mol.